The molecule has 16 heavy (non-hydrogen) atoms. The van der Waals surface area contributed by atoms with Crippen LogP contribution in [0.15, 0.2) is 23.1 Å². The SMILES string of the molecule is CSc1ccc(F)c(CC2CCNCC2)c1. The van der Waals surface area contributed by atoms with Crippen LogP contribution in [0, 0.1) is 11.7 Å². The van der Waals surface area contributed by atoms with Crippen molar-refractivity contribution in [3.8, 4) is 0 Å². The van der Waals surface area contributed by atoms with E-state index in [1.807, 2.05) is 18.4 Å². The van der Waals surface area contributed by atoms with Crippen molar-refractivity contribution in [1.29, 1.82) is 0 Å². The fraction of sp³-hybridized carbons (Fsp3) is 0.538. The van der Waals surface area contributed by atoms with Gasteiger partial charge in [0.25, 0.3) is 0 Å². The number of rotatable bonds is 3. The van der Waals surface area contributed by atoms with Crippen molar-refractivity contribution >= 4 is 11.8 Å². The first-order valence-electron chi connectivity index (χ1n) is 5.82. The van der Waals surface area contributed by atoms with Crippen LogP contribution in [-0.4, -0.2) is 19.3 Å². The highest BCUT2D eigenvalue weighted by Gasteiger charge is 2.15. The quantitative estimate of drug-likeness (QED) is 0.814. The molecule has 0 spiro atoms. The Labute approximate surface area is 101 Å². The zero-order valence-electron chi connectivity index (χ0n) is 9.63. The van der Waals surface area contributed by atoms with E-state index in [1.54, 1.807) is 17.8 Å². The number of hydrogen-bond donors (Lipinski definition) is 1. The number of piperidine rings is 1. The van der Waals surface area contributed by atoms with Gasteiger partial charge in [0.1, 0.15) is 5.82 Å². The molecule has 1 fully saturated rings. The van der Waals surface area contributed by atoms with E-state index in [4.69, 9.17) is 0 Å². The second-order valence-electron chi connectivity index (χ2n) is 4.35. The van der Waals surface area contributed by atoms with Gasteiger partial charge in [-0.2, -0.15) is 0 Å². The molecule has 0 aromatic heterocycles. The van der Waals surface area contributed by atoms with Gasteiger partial charge in [-0.3, -0.25) is 0 Å². The summed E-state index contributed by atoms with van der Waals surface area (Å²) in [5.74, 6) is 0.601. The van der Waals surface area contributed by atoms with Gasteiger partial charge in [-0.15, -0.1) is 11.8 Å². The van der Waals surface area contributed by atoms with Gasteiger partial charge in [-0.05, 0) is 68.3 Å². The highest BCUT2D eigenvalue weighted by Crippen LogP contribution is 2.23. The van der Waals surface area contributed by atoms with E-state index in [1.165, 1.54) is 12.8 Å². The maximum absolute atomic E-state index is 13.6. The molecule has 1 aliphatic heterocycles. The summed E-state index contributed by atoms with van der Waals surface area (Å²) >= 11 is 1.67. The number of thioether (sulfide) groups is 1. The van der Waals surface area contributed by atoms with Crippen molar-refractivity contribution in [2.75, 3.05) is 19.3 Å². The van der Waals surface area contributed by atoms with Crippen LogP contribution >= 0.6 is 11.8 Å². The van der Waals surface area contributed by atoms with E-state index in [0.717, 1.165) is 30.0 Å². The van der Waals surface area contributed by atoms with Crippen molar-refractivity contribution in [3.63, 3.8) is 0 Å². The van der Waals surface area contributed by atoms with Crippen LogP contribution in [0.2, 0.25) is 0 Å². The zero-order valence-corrected chi connectivity index (χ0v) is 10.4. The second-order valence-corrected chi connectivity index (χ2v) is 5.23. The van der Waals surface area contributed by atoms with E-state index in [9.17, 15) is 4.39 Å². The molecule has 0 amide bonds. The Bertz CT molecular complexity index is 348. The summed E-state index contributed by atoms with van der Waals surface area (Å²) < 4.78 is 13.6. The van der Waals surface area contributed by atoms with Crippen molar-refractivity contribution in [3.05, 3.63) is 29.6 Å². The van der Waals surface area contributed by atoms with E-state index in [-0.39, 0.29) is 5.82 Å². The van der Waals surface area contributed by atoms with Crippen molar-refractivity contribution in [2.45, 2.75) is 24.2 Å². The monoisotopic (exact) mass is 239 g/mol. The van der Waals surface area contributed by atoms with Crippen LogP contribution in [0.5, 0.6) is 0 Å². The summed E-state index contributed by atoms with van der Waals surface area (Å²) in [6.07, 6.45) is 5.26. The normalized spacial score (nSPS) is 17.6. The Kier molecular flexibility index (Phi) is 4.24. The van der Waals surface area contributed by atoms with Gasteiger partial charge in [0.2, 0.25) is 0 Å². The van der Waals surface area contributed by atoms with Gasteiger partial charge in [0, 0.05) is 4.90 Å². The Balaban J connectivity index is 2.06. The van der Waals surface area contributed by atoms with Gasteiger partial charge >= 0.3 is 0 Å². The lowest BCUT2D eigenvalue weighted by Gasteiger charge is -2.22. The molecule has 1 aliphatic rings. The molecule has 0 saturated carbocycles. The van der Waals surface area contributed by atoms with Gasteiger partial charge in [-0.1, -0.05) is 0 Å². The van der Waals surface area contributed by atoms with E-state index in [0.29, 0.717) is 5.92 Å². The first-order valence-corrected chi connectivity index (χ1v) is 7.05. The number of halogens is 1. The minimum absolute atomic E-state index is 0.0451. The van der Waals surface area contributed by atoms with Crippen LogP contribution in [0.3, 0.4) is 0 Å². The zero-order chi connectivity index (χ0) is 11.4. The molecule has 1 heterocycles. The fourth-order valence-electron chi connectivity index (χ4n) is 2.23. The number of hydrogen-bond acceptors (Lipinski definition) is 2. The predicted molar refractivity (Wildman–Crippen MR) is 67.5 cm³/mol. The smallest absolute Gasteiger partial charge is 0.126 e. The minimum atomic E-state index is -0.0451. The summed E-state index contributed by atoms with van der Waals surface area (Å²) in [5.41, 5.74) is 0.888. The van der Waals surface area contributed by atoms with E-state index >= 15 is 0 Å². The molecule has 3 heteroatoms. The highest BCUT2D eigenvalue weighted by molar-refractivity contribution is 7.98. The lowest BCUT2D eigenvalue weighted by molar-refractivity contribution is 0.368. The average molecular weight is 239 g/mol. The molecule has 0 bridgehead atoms. The topological polar surface area (TPSA) is 12.0 Å². The van der Waals surface area contributed by atoms with Gasteiger partial charge in [-0.25, -0.2) is 4.39 Å². The molecule has 2 rings (SSSR count). The number of benzene rings is 1. The lowest BCUT2D eigenvalue weighted by atomic mass is 9.91. The Morgan fingerprint density at radius 3 is 2.81 bits per heavy atom. The molecule has 1 saturated heterocycles. The Hall–Kier alpha value is -0.540. The molecular formula is C13H18FNS. The maximum atomic E-state index is 13.6. The largest absolute Gasteiger partial charge is 0.317 e. The molecule has 0 unspecified atom stereocenters. The molecule has 1 nitrogen and oxygen atoms in total. The third-order valence-electron chi connectivity index (χ3n) is 3.22. The number of nitrogens with one attached hydrogen (secondary N) is 1. The van der Waals surface area contributed by atoms with Crippen molar-refractivity contribution in [2.24, 2.45) is 5.92 Å². The molecule has 0 radical (unpaired) electrons. The van der Waals surface area contributed by atoms with Gasteiger partial charge in [0.05, 0.1) is 0 Å². The van der Waals surface area contributed by atoms with Crippen LogP contribution < -0.4 is 5.32 Å². The van der Waals surface area contributed by atoms with Crippen LogP contribution in [0.4, 0.5) is 4.39 Å². The third kappa shape index (κ3) is 2.98. The summed E-state index contributed by atoms with van der Waals surface area (Å²) in [5, 5.41) is 3.34. The second kappa shape index (κ2) is 5.69. The standard InChI is InChI=1S/C13H18FNS/c1-16-12-2-3-13(14)11(9-12)8-10-4-6-15-7-5-10/h2-3,9-10,15H,4-8H2,1H3. The molecular weight excluding hydrogens is 221 g/mol. The summed E-state index contributed by atoms with van der Waals surface area (Å²) in [7, 11) is 0. The molecule has 88 valence electrons. The molecule has 0 aliphatic carbocycles. The fourth-order valence-corrected chi connectivity index (χ4v) is 2.70. The molecule has 0 atom stereocenters. The van der Waals surface area contributed by atoms with Gasteiger partial charge < -0.3 is 5.32 Å². The Morgan fingerprint density at radius 2 is 2.12 bits per heavy atom. The molecule has 1 aromatic rings. The van der Waals surface area contributed by atoms with Crippen LogP contribution in [-0.2, 0) is 6.42 Å². The predicted octanol–water partition coefficient (Wildman–Crippen LogP) is 3.09. The average Bonchev–Trinajstić information content (AvgIpc) is 2.33. The van der Waals surface area contributed by atoms with Crippen molar-refractivity contribution in [1.82, 2.24) is 5.32 Å². The van der Waals surface area contributed by atoms with Gasteiger partial charge in [0.15, 0.2) is 0 Å². The summed E-state index contributed by atoms with van der Waals surface area (Å²) in [6, 6.07) is 5.45. The highest BCUT2D eigenvalue weighted by atomic mass is 32.2. The van der Waals surface area contributed by atoms with Crippen LogP contribution in [0.1, 0.15) is 18.4 Å². The first kappa shape index (κ1) is 11.9. The molecule has 1 N–H and O–H groups in total. The summed E-state index contributed by atoms with van der Waals surface area (Å²) in [4.78, 5) is 1.16. The lowest BCUT2D eigenvalue weighted by Crippen LogP contribution is -2.28. The van der Waals surface area contributed by atoms with E-state index < -0.39 is 0 Å². The Morgan fingerprint density at radius 1 is 1.38 bits per heavy atom. The van der Waals surface area contributed by atoms with Crippen LogP contribution in [0.25, 0.3) is 0 Å². The molecule has 1 aromatic carbocycles. The first-order chi connectivity index (χ1) is 7.79. The summed E-state index contributed by atoms with van der Waals surface area (Å²) in [6.45, 7) is 2.16. The minimum Gasteiger partial charge on any atom is -0.317 e. The third-order valence-corrected chi connectivity index (χ3v) is 3.95. The maximum Gasteiger partial charge on any atom is 0.126 e. The van der Waals surface area contributed by atoms with E-state index in [2.05, 4.69) is 5.32 Å². The van der Waals surface area contributed by atoms with Crippen molar-refractivity contribution < 1.29 is 4.39 Å².